The molecule has 0 aliphatic carbocycles. The summed E-state index contributed by atoms with van der Waals surface area (Å²) in [7, 11) is 1.61. The summed E-state index contributed by atoms with van der Waals surface area (Å²) in [5.74, 6) is 0.415. The molecular formula is C23H23NO5S2. The molecule has 0 spiro atoms. The first-order valence-electron chi connectivity index (χ1n) is 9.71. The van der Waals surface area contributed by atoms with Crippen LogP contribution in [-0.4, -0.2) is 39.9 Å². The van der Waals surface area contributed by atoms with Gasteiger partial charge in [-0.25, -0.2) is 0 Å². The normalized spacial score (nSPS) is 14.9. The third-order valence-corrected chi connectivity index (χ3v) is 6.10. The molecule has 1 N–H and O–H groups in total. The zero-order valence-corrected chi connectivity index (χ0v) is 18.9. The molecule has 8 heteroatoms. The second kappa shape index (κ2) is 10.5. The first kappa shape index (κ1) is 22.8. The van der Waals surface area contributed by atoms with Gasteiger partial charge in [-0.2, -0.15) is 0 Å². The van der Waals surface area contributed by atoms with Crippen molar-refractivity contribution in [1.29, 1.82) is 0 Å². The van der Waals surface area contributed by atoms with E-state index in [1.165, 1.54) is 16.7 Å². The SMILES string of the molecule is COc1ccc(C=C2SC(=S)N(CCCC(=O)O)C2=O)cc1COc1ccccc1C. The molecular weight excluding hydrogens is 434 g/mol. The Labute approximate surface area is 190 Å². The fourth-order valence-electron chi connectivity index (χ4n) is 3.11. The minimum atomic E-state index is -0.889. The molecule has 162 valence electrons. The monoisotopic (exact) mass is 457 g/mol. The average molecular weight is 458 g/mol. The number of carbonyl (C=O) groups excluding carboxylic acids is 1. The molecule has 1 fully saturated rings. The molecule has 3 rings (SSSR count). The number of thioether (sulfide) groups is 1. The van der Waals surface area contributed by atoms with Gasteiger partial charge >= 0.3 is 5.97 Å². The van der Waals surface area contributed by atoms with Crippen molar-refractivity contribution in [3.05, 3.63) is 64.1 Å². The van der Waals surface area contributed by atoms with E-state index in [-0.39, 0.29) is 12.3 Å². The Bertz CT molecular complexity index is 1030. The summed E-state index contributed by atoms with van der Waals surface area (Å²) in [6.45, 7) is 2.61. The Balaban J connectivity index is 1.75. The van der Waals surface area contributed by atoms with Crippen LogP contribution < -0.4 is 9.47 Å². The van der Waals surface area contributed by atoms with E-state index in [1.54, 1.807) is 13.2 Å². The van der Waals surface area contributed by atoms with Gasteiger partial charge in [0, 0.05) is 18.5 Å². The van der Waals surface area contributed by atoms with Crippen LogP contribution in [0.25, 0.3) is 6.08 Å². The molecule has 1 aliphatic heterocycles. The molecule has 6 nitrogen and oxygen atoms in total. The van der Waals surface area contributed by atoms with E-state index in [9.17, 15) is 9.59 Å². The minimum absolute atomic E-state index is 0.00115. The second-order valence-corrected chi connectivity index (χ2v) is 8.63. The summed E-state index contributed by atoms with van der Waals surface area (Å²) in [5.41, 5.74) is 2.73. The highest BCUT2D eigenvalue weighted by molar-refractivity contribution is 8.26. The van der Waals surface area contributed by atoms with Gasteiger partial charge in [0.2, 0.25) is 0 Å². The summed E-state index contributed by atoms with van der Waals surface area (Å²) in [5, 5.41) is 8.79. The van der Waals surface area contributed by atoms with E-state index in [1.807, 2.05) is 49.4 Å². The van der Waals surface area contributed by atoms with Gasteiger partial charge in [0.25, 0.3) is 5.91 Å². The Hall–Kier alpha value is -2.84. The van der Waals surface area contributed by atoms with E-state index < -0.39 is 5.97 Å². The average Bonchev–Trinajstić information content (AvgIpc) is 3.00. The van der Waals surface area contributed by atoms with E-state index in [4.69, 9.17) is 26.8 Å². The molecule has 1 aliphatic rings. The molecule has 1 saturated heterocycles. The molecule has 2 aromatic carbocycles. The number of hydrogen-bond acceptors (Lipinski definition) is 6. The van der Waals surface area contributed by atoms with Gasteiger partial charge in [-0.1, -0.05) is 48.2 Å². The largest absolute Gasteiger partial charge is 0.496 e. The summed E-state index contributed by atoms with van der Waals surface area (Å²) in [6.07, 6.45) is 2.14. The highest BCUT2D eigenvalue weighted by Gasteiger charge is 2.31. The van der Waals surface area contributed by atoms with E-state index in [0.29, 0.717) is 34.5 Å². The van der Waals surface area contributed by atoms with Crippen LogP contribution in [0.4, 0.5) is 0 Å². The third kappa shape index (κ3) is 5.86. The lowest BCUT2D eigenvalue weighted by Gasteiger charge is -2.13. The molecule has 1 heterocycles. The maximum absolute atomic E-state index is 12.7. The number of aryl methyl sites for hydroxylation is 1. The molecule has 1 amide bonds. The van der Waals surface area contributed by atoms with E-state index in [0.717, 1.165) is 22.4 Å². The number of carboxylic acids is 1. The number of amides is 1. The zero-order valence-electron chi connectivity index (χ0n) is 17.3. The highest BCUT2D eigenvalue weighted by atomic mass is 32.2. The molecule has 0 atom stereocenters. The maximum atomic E-state index is 12.7. The minimum Gasteiger partial charge on any atom is -0.496 e. The Morgan fingerprint density at radius 2 is 2.00 bits per heavy atom. The number of benzene rings is 2. The summed E-state index contributed by atoms with van der Waals surface area (Å²) in [4.78, 5) is 25.4. The third-order valence-electron chi connectivity index (χ3n) is 4.72. The van der Waals surface area contributed by atoms with Crippen molar-refractivity contribution in [3.63, 3.8) is 0 Å². The molecule has 0 bridgehead atoms. The van der Waals surface area contributed by atoms with Crippen LogP contribution in [0.3, 0.4) is 0 Å². The second-order valence-electron chi connectivity index (χ2n) is 6.96. The number of ether oxygens (including phenoxy) is 2. The molecule has 31 heavy (non-hydrogen) atoms. The Kier molecular flexibility index (Phi) is 7.70. The predicted molar refractivity (Wildman–Crippen MR) is 125 cm³/mol. The van der Waals surface area contributed by atoms with Crippen LogP contribution in [0.5, 0.6) is 11.5 Å². The number of methoxy groups -OCH3 is 1. The smallest absolute Gasteiger partial charge is 0.303 e. The number of carbonyl (C=O) groups is 2. The van der Waals surface area contributed by atoms with Crippen LogP contribution in [0, 0.1) is 6.92 Å². The zero-order chi connectivity index (χ0) is 22.4. The van der Waals surface area contributed by atoms with Crippen LogP contribution >= 0.6 is 24.0 Å². The lowest BCUT2D eigenvalue weighted by Crippen LogP contribution is -2.29. The first-order valence-corrected chi connectivity index (χ1v) is 10.9. The molecule has 0 unspecified atom stereocenters. The molecule has 0 saturated carbocycles. The van der Waals surface area contributed by atoms with Crippen molar-refractivity contribution in [2.24, 2.45) is 0 Å². The van der Waals surface area contributed by atoms with Crippen molar-refractivity contribution in [3.8, 4) is 11.5 Å². The van der Waals surface area contributed by atoms with Gasteiger partial charge in [-0.15, -0.1) is 0 Å². The van der Waals surface area contributed by atoms with Crippen molar-refractivity contribution in [2.45, 2.75) is 26.4 Å². The summed E-state index contributed by atoms with van der Waals surface area (Å²) in [6, 6.07) is 13.4. The van der Waals surface area contributed by atoms with Gasteiger partial charge in [0.1, 0.15) is 22.4 Å². The number of carboxylic acid groups (broad SMARTS) is 1. The van der Waals surface area contributed by atoms with Gasteiger partial charge in [0.05, 0.1) is 12.0 Å². The lowest BCUT2D eigenvalue weighted by molar-refractivity contribution is -0.137. The van der Waals surface area contributed by atoms with Crippen molar-refractivity contribution in [1.82, 2.24) is 4.90 Å². The number of aliphatic carboxylic acids is 1. The van der Waals surface area contributed by atoms with Crippen LogP contribution in [0.1, 0.15) is 29.5 Å². The van der Waals surface area contributed by atoms with Crippen molar-refractivity contribution < 1.29 is 24.2 Å². The summed E-state index contributed by atoms with van der Waals surface area (Å²) >= 11 is 6.53. The van der Waals surface area contributed by atoms with E-state index >= 15 is 0 Å². The van der Waals surface area contributed by atoms with Gasteiger partial charge in [0.15, 0.2) is 0 Å². The van der Waals surface area contributed by atoms with Crippen molar-refractivity contribution >= 4 is 46.3 Å². The van der Waals surface area contributed by atoms with Crippen LogP contribution in [0.2, 0.25) is 0 Å². The highest BCUT2D eigenvalue weighted by Crippen LogP contribution is 2.33. The number of nitrogens with zero attached hydrogens (tertiary/aromatic N) is 1. The number of rotatable bonds is 9. The number of hydrogen-bond donors (Lipinski definition) is 1. The molecule has 2 aromatic rings. The first-order chi connectivity index (χ1) is 14.9. The molecule has 0 radical (unpaired) electrons. The molecule has 0 aromatic heterocycles. The predicted octanol–water partition coefficient (Wildman–Crippen LogP) is 4.65. The van der Waals surface area contributed by atoms with Gasteiger partial charge in [-0.3, -0.25) is 14.5 Å². The lowest BCUT2D eigenvalue weighted by atomic mass is 10.1. The topological polar surface area (TPSA) is 76.1 Å². The van der Waals surface area contributed by atoms with Crippen molar-refractivity contribution in [2.75, 3.05) is 13.7 Å². The maximum Gasteiger partial charge on any atom is 0.303 e. The van der Waals surface area contributed by atoms with Gasteiger partial charge < -0.3 is 14.6 Å². The number of thiocarbonyl (C=S) groups is 1. The Morgan fingerprint density at radius 1 is 1.23 bits per heavy atom. The van der Waals surface area contributed by atoms with Gasteiger partial charge in [-0.05, 0) is 48.7 Å². The van der Waals surface area contributed by atoms with E-state index in [2.05, 4.69) is 0 Å². The fourth-order valence-corrected chi connectivity index (χ4v) is 4.42. The summed E-state index contributed by atoms with van der Waals surface area (Å²) < 4.78 is 11.9. The van der Waals surface area contributed by atoms with Crippen LogP contribution in [0.15, 0.2) is 47.4 Å². The number of para-hydroxylation sites is 1. The van der Waals surface area contributed by atoms with Crippen LogP contribution in [-0.2, 0) is 16.2 Å². The standard InChI is InChI=1S/C23H23NO5S2/c1-15-6-3-4-7-18(15)29-14-17-12-16(9-10-19(17)28-2)13-20-22(27)24(23(30)31-20)11-5-8-21(25)26/h3-4,6-7,9-10,12-13H,5,8,11,14H2,1-2H3,(H,25,26). The fraction of sp³-hybridized carbons (Fsp3) is 0.261. The quantitative estimate of drug-likeness (QED) is 0.434. The Morgan fingerprint density at radius 3 is 2.71 bits per heavy atom.